The highest BCUT2D eigenvalue weighted by molar-refractivity contribution is 6.37. The summed E-state index contributed by atoms with van der Waals surface area (Å²) in [4.78, 5) is 0. The second kappa shape index (κ2) is 9.75. The van der Waals surface area contributed by atoms with Gasteiger partial charge in [-0.2, -0.15) is 0 Å². The number of aryl methyl sites for hydroxylation is 1. The van der Waals surface area contributed by atoms with Gasteiger partial charge in [-0.1, -0.05) is 34.8 Å². The average molecular weight is 433 g/mol. The zero-order chi connectivity index (χ0) is 19.2. The van der Waals surface area contributed by atoms with Crippen LogP contribution in [0.2, 0.25) is 15.2 Å². The Labute approximate surface area is 172 Å². The van der Waals surface area contributed by atoms with Crippen molar-refractivity contribution in [2.75, 3.05) is 18.9 Å². The van der Waals surface area contributed by atoms with Gasteiger partial charge in [-0.15, -0.1) is 10.2 Å². The third kappa shape index (κ3) is 5.83. The molecule has 0 unspecified atom stereocenters. The molecule has 1 atom stereocenters. The van der Waals surface area contributed by atoms with Crippen molar-refractivity contribution in [3.8, 4) is 11.6 Å². The first-order valence-electron chi connectivity index (χ1n) is 8.70. The molecule has 0 saturated carbocycles. The van der Waals surface area contributed by atoms with E-state index in [0.717, 1.165) is 37.9 Å². The number of aromatic nitrogens is 2. The molecule has 1 aliphatic rings. The lowest BCUT2D eigenvalue weighted by Crippen LogP contribution is -2.22. The van der Waals surface area contributed by atoms with E-state index in [0.29, 0.717) is 33.9 Å². The Morgan fingerprint density at radius 1 is 1.11 bits per heavy atom. The van der Waals surface area contributed by atoms with Crippen LogP contribution in [-0.2, 0) is 15.9 Å². The molecule has 0 bridgehead atoms. The summed E-state index contributed by atoms with van der Waals surface area (Å²) in [6.07, 6.45) is 4.52. The zero-order valence-corrected chi connectivity index (χ0v) is 16.9. The van der Waals surface area contributed by atoms with Crippen LogP contribution in [0.4, 0.5) is 5.69 Å². The van der Waals surface area contributed by atoms with E-state index in [1.807, 2.05) is 0 Å². The third-order valence-electron chi connectivity index (χ3n) is 4.06. The number of anilines is 1. The molecule has 1 aromatic carbocycles. The highest BCUT2D eigenvalue weighted by atomic mass is 35.5. The highest BCUT2D eigenvalue weighted by Crippen LogP contribution is 2.37. The maximum Gasteiger partial charge on any atom is 0.239 e. The smallest absolute Gasteiger partial charge is 0.239 e. The van der Waals surface area contributed by atoms with E-state index >= 15 is 0 Å². The minimum Gasteiger partial charge on any atom is -0.434 e. The van der Waals surface area contributed by atoms with Gasteiger partial charge < -0.3 is 19.9 Å². The van der Waals surface area contributed by atoms with E-state index < -0.39 is 0 Å². The molecule has 0 radical (unpaired) electrons. The van der Waals surface area contributed by atoms with Gasteiger partial charge >= 0.3 is 0 Å². The maximum absolute atomic E-state index is 6.15. The van der Waals surface area contributed by atoms with E-state index in [4.69, 9.17) is 54.7 Å². The molecule has 9 heteroatoms. The van der Waals surface area contributed by atoms with E-state index in [1.165, 1.54) is 0 Å². The Morgan fingerprint density at radius 2 is 1.89 bits per heavy atom. The maximum atomic E-state index is 6.15. The second-order valence-corrected chi connectivity index (χ2v) is 7.36. The topological polar surface area (TPSA) is 79.5 Å². The predicted molar refractivity (Wildman–Crippen MR) is 106 cm³/mol. The number of rotatable bonds is 7. The molecule has 2 aromatic rings. The summed E-state index contributed by atoms with van der Waals surface area (Å²) < 4.78 is 17.0. The molecule has 2 heterocycles. The van der Waals surface area contributed by atoms with Crippen LogP contribution in [0.1, 0.15) is 31.2 Å². The molecule has 3 rings (SSSR count). The predicted octanol–water partition coefficient (Wildman–Crippen LogP) is 5.29. The van der Waals surface area contributed by atoms with Gasteiger partial charge in [0.25, 0.3) is 0 Å². The van der Waals surface area contributed by atoms with E-state index in [2.05, 4.69) is 10.2 Å². The average Bonchev–Trinajstić information content (AvgIpc) is 2.64. The fourth-order valence-electron chi connectivity index (χ4n) is 2.72. The Bertz CT molecular complexity index is 763. The van der Waals surface area contributed by atoms with Gasteiger partial charge in [0, 0.05) is 18.4 Å². The number of hydrogen-bond acceptors (Lipinski definition) is 6. The van der Waals surface area contributed by atoms with Crippen molar-refractivity contribution in [3.05, 3.63) is 39.0 Å². The molecular weight excluding hydrogens is 413 g/mol. The van der Waals surface area contributed by atoms with E-state index in [-0.39, 0.29) is 17.9 Å². The Hall–Kier alpha value is -1.31. The van der Waals surface area contributed by atoms with Crippen LogP contribution in [0.15, 0.2) is 18.2 Å². The van der Waals surface area contributed by atoms with Crippen molar-refractivity contribution in [1.82, 2.24) is 10.2 Å². The molecule has 1 aliphatic heterocycles. The number of benzene rings is 1. The number of hydrogen-bond donors (Lipinski definition) is 1. The summed E-state index contributed by atoms with van der Waals surface area (Å²) in [7, 11) is 0. The number of nitrogens with two attached hydrogens (primary N) is 1. The van der Waals surface area contributed by atoms with Crippen molar-refractivity contribution in [3.63, 3.8) is 0 Å². The lowest BCUT2D eigenvalue weighted by Gasteiger charge is -2.22. The van der Waals surface area contributed by atoms with Gasteiger partial charge in [0.1, 0.15) is 0 Å². The summed E-state index contributed by atoms with van der Waals surface area (Å²) in [5.41, 5.74) is 6.95. The second-order valence-electron chi connectivity index (χ2n) is 6.18. The summed E-state index contributed by atoms with van der Waals surface area (Å²) in [6, 6.07) is 4.82. The van der Waals surface area contributed by atoms with Crippen LogP contribution in [0.5, 0.6) is 11.6 Å². The van der Waals surface area contributed by atoms with Gasteiger partial charge in [-0.3, -0.25) is 0 Å². The van der Waals surface area contributed by atoms with Gasteiger partial charge in [-0.05, 0) is 49.8 Å². The largest absolute Gasteiger partial charge is 0.434 e. The molecule has 146 valence electrons. The normalized spacial score (nSPS) is 17.1. The number of halogens is 3. The lowest BCUT2D eigenvalue weighted by atomic mass is 10.2. The monoisotopic (exact) mass is 431 g/mol. The minimum absolute atomic E-state index is 0.0986. The summed E-state index contributed by atoms with van der Waals surface area (Å²) in [5.74, 6) is 0.521. The van der Waals surface area contributed by atoms with Crippen LogP contribution in [0, 0.1) is 0 Å². The first-order chi connectivity index (χ1) is 13.0. The van der Waals surface area contributed by atoms with Crippen LogP contribution in [0.3, 0.4) is 0 Å². The quantitative estimate of drug-likeness (QED) is 0.473. The molecular formula is C18H20Cl3N3O3. The molecule has 1 fully saturated rings. The Kier molecular flexibility index (Phi) is 7.38. The Morgan fingerprint density at radius 3 is 2.59 bits per heavy atom. The number of ether oxygens (including phenoxy) is 3. The Balaban J connectivity index is 1.59. The molecule has 1 aromatic heterocycles. The molecule has 1 saturated heterocycles. The first-order valence-corrected chi connectivity index (χ1v) is 9.84. The molecule has 27 heavy (non-hydrogen) atoms. The van der Waals surface area contributed by atoms with Crippen LogP contribution < -0.4 is 10.5 Å². The third-order valence-corrected chi connectivity index (χ3v) is 4.94. The fraction of sp³-hybridized carbons (Fsp3) is 0.444. The molecule has 0 aliphatic carbocycles. The van der Waals surface area contributed by atoms with Crippen LogP contribution in [-0.4, -0.2) is 29.7 Å². The van der Waals surface area contributed by atoms with Crippen molar-refractivity contribution in [2.45, 2.75) is 38.4 Å². The summed E-state index contributed by atoms with van der Waals surface area (Å²) >= 11 is 18.4. The van der Waals surface area contributed by atoms with Crippen molar-refractivity contribution in [2.24, 2.45) is 0 Å². The first kappa shape index (κ1) is 20.4. The SMILES string of the molecule is Nc1cc(Cl)c(Oc2cc(CCCO[C@@H]3CCCCO3)c(Cl)nn2)c(Cl)c1. The van der Waals surface area contributed by atoms with Crippen molar-refractivity contribution in [1.29, 1.82) is 0 Å². The number of nitrogen functional groups attached to an aromatic ring is 1. The number of nitrogens with zero attached hydrogens (tertiary/aromatic N) is 2. The van der Waals surface area contributed by atoms with Gasteiger partial charge in [0.2, 0.25) is 5.88 Å². The summed E-state index contributed by atoms with van der Waals surface area (Å²) in [6.45, 7) is 1.34. The molecule has 6 nitrogen and oxygen atoms in total. The van der Waals surface area contributed by atoms with Gasteiger partial charge in [0.15, 0.2) is 17.2 Å². The van der Waals surface area contributed by atoms with Crippen molar-refractivity contribution < 1.29 is 14.2 Å². The fourth-order valence-corrected chi connectivity index (χ4v) is 3.49. The lowest BCUT2D eigenvalue weighted by molar-refractivity contribution is -0.162. The minimum atomic E-state index is -0.0986. The van der Waals surface area contributed by atoms with Crippen LogP contribution >= 0.6 is 34.8 Å². The van der Waals surface area contributed by atoms with Crippen molar-refractivity contribution >= 4 is 40.5 Å². The van der Waals surface area contributed by atoms with Gasteiger partial charge in [0.05, 0.1) is 16.7 Å². The molecule has 2 N–H and O–H groups in total. The van der Waals surface area contributed by atoms with E-state index in [1.54, 1.807) is 18.2 Å². The van der Waals surface area contributed by atoms with Gasteiger partial charge in [-0.25, -0.2) is 0 Å². The standard InChI is InChI=1S/C18H20Cl3N3O3/c19-13-9-12(22)10-14(20)17(13)27-15-8-11(18(21)24-23-15)4-3-7-26-16-5-1-2-6-25-16/h8-10,16H,1-7,22H2/t16-/m1/s1. The zero-order valence-electron chi connectivity index (χ0n) is 14.6. The highest BCUT2D eigenvalue weighted by Gasteiger charge is 2.15. The van der Waals surface area contributed by atoms with E-state index in [9.17, 15) is 0 Å². The molecule has 0 spiro atoms. The molecule has 0 amide bonds. The summed E-state index contributed by atoms with van der Waals surface area (Å²) in [5, 5.41) is 8.78. The van der Waals surface area contributed by atoms with Crippen LogP contribution in [0.25, 0.3) is 0 Å².